The first-order valence-corrected chi connectivity index (χ1v) is 6.63. The van der Waals surface area contributed by atoms with Gasteiger partial charge in [-0.3, -0.25) is 0 Å². The van der Waals surface area contributed by atoms with Crippen molar-refractivity contribution in [2.24, 2.45) is 0 Å². The highest BCUT2D eigenvalue weighted by atomic mass is 32.1. The van der Waals surface area contributed by atoms with Crippen molar-refractivity contribution in [2.45, 2.75) is 32.7 Å². The van der Waals surface area contributed by atoms with E-state index in [1.807, 2.05) is 0 Å². The molecule has 84 valence electrons. The molecule has 1 saturated heterocycles. The van der Waals surface area contributed by atoms with Crippen molar-refractivity contribution in [1.82, 2.24) is 10.3 Å². The lowest BCUT2D eigenvalue weighted by Crippen LogP contribution is -2.20. The van der Waals surface area contributed by atoms with Crippen LogP contribution in [0.4, 0.5) is 5.13 Å². The third-order valence-corrected chi connectivity index (χ3v) is 3.76. The molecule has 1 unspecified atom stereocenters. The summed E-state index contributed by atoms with van der Waals surface area (Å²) < 4.78 is 0. The summed E-state index contributed by atoms with van der Waals surface area (Å²) in [4.78, 5) is 7.09. The molecule has 1 aliphatic heterocycles. The summed E-state index contributed by atoms with van der Waals surface area (Å²) in [5.41, 5.74) is 1.18. The van der Waals surface area contributed by atoms with Crippen LogP contribution in [0.15, 0.2) is 5.38 Å². The van der Waals surface area contributed by atoms with Crippen molar-refractivity contribution in [3.63, 3.8) is 0 Å². The van der Waals surface area contributed by atoms with Crippen LogP contribution in [0.5, 0.6) is 0 Å². The standard InChI is InChI=1S/C11H19N3S/c1-3-12-9(2)10-8-15-11(13-10)14-6-4-5-7-14/h8-9,12H,3-7H2,1-2H3. The fourth-order valence-electron chi connectivity index (χ4n) is 1.94. The van der Waals surface area contributed by atoms with Crippen LogP contribution in [0.1, 0.15) is 38.4 Å². The lowest BCUT2D eigenvalue weighted by Gasteiger charge is -2.13. The molecular formula is C11H19N3S. The van der Waals surface area contributed by atoms with Gasteiger partial charge in [0.1, 0.15) is 0 Å². The Morgan fingerprint density at radius 2 is 2.27 bits per heavy atom. The van der Waals surface area contributed by atoms with Crippen molar-refractivity contribution < 1.29 is 0 Å². The Hall–Kier alpha value is -0.610. The van der Waals surface area contributed by atoms with Crippen molar-refractivity contribution in [1.29, 1.82) is 0 Å². The summed E-state index contributed by atoms with van der Waals surface area (Å²) in [6, 6.07) is 0.377. The van der Waals surface area contributed by atoms with Gasteiger partial charge in [-0.05, 0) is 26.3 Å². The normalized spacial score (nSPS) is 18.4. The number of aromatic nitrogens is 1. The van der Waals surface area contributed by atoms with Gasteiger partial charge >= 0.3 is 0 Å². The summed E-state index contributed by atoms with van der Waals surface area (Å²) >= 11 is 1.78. The molecule has 0 bridgehead atoms. The molecule has 1 fully saturated rings. The molecule has 4 heteroatoms. The van der Waals surface area contributed by atoms with Crippen molar-refractivity contribution >= 4 is 16.5 Å². The molecule has 1 atom stereocenters. The minimum absolute atomic E-state index is 0.377. The number of hydrogen-bond donors (Lipinski definition) is 1. The molecule has 2 rings (SSSR count). The Kier molecular flexibility index (Phi) is 3.59. The maximum Gasteiger partial charge on any atom is 0.185 e. The monoisotopic (exact) mass is 225 g/mol. The number of anilines is 1. The maximum atomic E-state index is 4.69. The SMILES string of the molecule is CCNC(C)c1csc(N2CCCC2)n1. The Bertz CT molecular complexity index is 305. The Balaban J connectivity index is 2.02. The van der Waals surface area contributed by atoms with Crippen molar-refractivity contribution in [3.05, 3.63) is 11.1 Å². The van der Waals surface area contributed by atoms with Crippen molar-refractivity contribution in [2.75, 3.05) is 24.5 Å². The average Bonchev–Trinajstić information content (AvgIpc) is 2.89. The highest BCUT2D eigenvalue weighted by molar-refractivity contribution is 7.13. The summed E-state index contributed by atoms with van der Waals surface area (Å²) in [6.45, 7) is 7.67. The highest BCUT2D eigenvalue weighted by Gasteiger charge is 2.16. The van der Waals surface area contributed by atoms with Gasteiger partial charge in [0.2, 0.25) is 0 Å². The van der Waals surface area contributed by atoms with Crippen LogP contribution in [0.3, 0.4) is 0 Å². The minimum Gasteiger partial charge on any atom is -0.348 e. The van der Waals surface area contributed by atoms with Gasteiger partial charge in [-0.2, -0.15) is 0 Å². The molecule has 0 aliphatic carbocycles. The number of nitrogens with zero attached hydrogens (tertiary/aromatic N) is 2. The third-order valence-electron chi connectivity index (χ3n) is 2.84. The Morgan fingerprint density at radius 3 is 2.93 bits per heavy atom. The molecule has 1 aromatic heterocycles. The minimum atomic E-state index is 0.377. The van der Waals surface area contributed by atoms with Gasteiger partial charge in [-0.15, -0.1) is 11.3 Å². The fraction of sp³-hybridized carbons (Fsp3) is 0.727. The molecule has 2 heterocycles. The zero-order valence-electron chi connectivity index (χ0n) is 9.49. The predicted molar refractivity (Wildman–Crippen MR) is 65.7 cm³/mol. The van der Waals surface area contributed by atoms with Crippen LogP contribution in [0.2, 0.25) is 0 Å². The zero-order valence-corrected chi connectivity index (χ0v) is 10.3. The Morgan fingerprint density at radius 1 is 1.53 bits per heavy atom. The van der Waals surface area contributed by atoms with E-state index in [2.05, 4.69) is 29.4 Å². The molecule has 1 aliphatic rings. The molecule has 3 nitrogen and oxygen atoms in total. The second-order valence-corrected chi connectivity index (χ2v) is 4.87. The quantitative estimate of drug-likeness (QED) is 0.853. The summed E-state index contributed by atoms with van der Waals surface area (Å²) in [7, 11) is 0. The lowest BCUT2D eigenvalue weighted by molar-refractivity contribution is 0.586. The van der Waals surface area contributed by atoms with E-state index in [0.29, 0.717) is 6.04 Å². The van der Waals surface area contributed by atoms with E-state index in [4.69, 9.17) is 4.98 Å². The van der Waals surface area contributed by atoms with Gasteiger partial charge in [0, 0.05) is 24.5 Å². The molecule has 0 aromatic carbocycles. The van der Waals surface area contributed by atoms with Gasteiger partial charge in [0.05, 0.1) is 5.69 Å². The molecule has 0 radical (unpaired) electrons. The molecular weight excluding hydrogens is 206 g/mol. The average molecular weight is 225 g/mol. The molecule has 0 saturated carbocycles. The molecule has 1 aromatic rings. The van der Waals surface area contributed by atoms with Gasteiger partial charge < -0.3 is 10.2 Å². The van der Waals surface area contributed by atoms with Gasteiger partial charge in [0.25, 0.3) is 0 Å². The predicted octanol–water partition coefficient (Wildman–Crippen LogP) is 2.41. The number of rotatable bonds is 4. The summed E-state index contributed by atoms with van der Waals surface area (Å²) in [5, 5.41) is 6.77. The largest absolute Gasteiger partial charge is 0.348 e. The second-order valence-electron chi connectivity index (χ2n) is 4.03. The topological polar surface area (TPSA) is 28.2 Å². The number of nitrogens with one attached hydrogen (secondary N) is 1. The first-order valence-electron chi connectivity index (χ1n) is 5.75. The van der Waals surface area contributed by atoms with Crippen LogP contribution in [-0.2, 0) is 0 Å². The van der Waals surface area contributed by atoms with Crippen LogP contribution in [-0.4, -0.2) is 24.6 Å². The highest BCUT2D eigenvalue weighted by Crippen LogP contribution is 2.26. The molecule has 0 spiro atoms. The van der Waals surface area contributed by atoms with Crippen LogP contribution >= 0.6 is 11.3 Å². The molecule has 0 amide bonds. The van der Waals surface area contributed by atoms with E-state index in [0.717, 1.165) is 6.54 Å². The number of hydrogen-bond acceptors (Lipinski definition) is 4. The first-order chi connectivity index (χ1) is 7.31. The zero-order chi connectivity index (χ0) is 10.7. The molecule has 1 N–H and O–H groups in total. The Labute approximate surface area is 95.5 Å². The van der Waals surface area contributed by atoms with E-state index in [-0.39, 0.29) is 0 Å². The van der Waals surface area contributed by atoms with Gasteiger partial charge in [0.15, 0.2) is 5.13 Å². The van der Waals surface area contributed by atoms with Gasteiger partial charge in [-0.25, -0.2) is 4.98 Å². The van der Waals surface area contributed by atoms with Crippen molar-refractivity contribution in [3.8, 4) is 0 Å². The van der Waals surface area contributed by atoms with E-state index in [1.165, 1.54) is 36.8 Å². The van der Waals surface area contributed by atoms with Crippen LogP contribution in [0.25, 0.3) is 0 Å². The summed E-state index contributed by atoms with van der Waals surface area (Å²) in [5.74, 6) is 0. The third kappa shape index (κ3) is 2.49. The van der Waals surface area contributed by atoms with Gasteiger partial charge in [-0.1, -0.05) is 6.92 Å². The van der Waals surface area contributed by atoms with Crippen LogP contribution < -0.4 is 10.2 Å². The second kappa shape index (κ2) is 4.94. The lowest BCUT2D eigenvalue weighted by atomic mass is 10.3. The van der Waals surface area contributed by atoms with E-state index >= 15 is 0 Å². The summed E-state index contributed by atoms with van der Waals surface area (Å²) in [6.07, 6.45) is 2.63. The van der Waals surface area contributed by atoms with Crippen LogP contribution in [0, 0.1) is 0 Å². The van der Waals surface area contributed by atoms with E-state index in [1.54, 1.807) is 11.3 Å². The maximum absolute atomic E-state index is 4.69. The smallest absolute Gasteiger partial charge is 0.185 e. The number of thiazole rings is 1. The first kappa shape index (κ1) is 10.9. The van der Waals surface area contributed by atoms with E-state index in [9.17, 15) is 0 Å². The molecule has 15 heavy (non-hydrogen) atoms. The fourth-order valence-corrected chi connectivity index (χ4v) is 2.91. The van der Waals surface area contributed by atoms with E-state index < -0.39 is 0 Å².